The van der Waals surface area contributed by atoms with Crippen LogP contribution in [0.5, 0.6) is 0 Å². The van der Waals surface area contributed by atoms with E-state index in [1.807, 2.05) is 54.6 Å². The predicted molar refractivity (Wildman–Crippen MR) is 82.0 cm³/mol. The molecule has 104 valence electrons. The highest BCUT2D eigenvalue weighted by molar-refractivity contribution is 5.92. The number of carbonyl (C=O) groups is 1. The SMILES string of the molecule is O=C(NCCc1ccccc1)c1ncc2ccccc2n1. The number of fused-ring (bicyclic) bond motifs is 1. The Bertz CT molecular complexity index is 756. The van der Waals surface area contributed by atoms with E-state index in [4.69, 9.17) is 0 Å². The monoisotopic (exact) mass is 277 g/mol. The zero-order valence-corrected chi connectivity index (χ0v) is 11.5. The van der Waals surface area contributed by atoms with E-state index in [-0.39, 0.29) is 11.7 Å². The summed E-state index contributed by atoms with van der Waals surface area (Å²) >= 11 is 0. The van der Waals surface area contributed by atoms with Gasteiger partial charge in [0, 0.05) is 18.1 Å². The van der Waals surface area contributed by atoms with E-state index < -0.39 is 0 Å². The fourth-order valence-corrected chi connectivity index (χ4v) is 2.13. The number of hydrogen-bond acceptors (Lipinski definition) is 3. The lowest BCUT2D eigenvalue weighted by molar-refractivity contribution is 0.0944. The second-order valence-corrected chi connectivity index (χ2v) is 4.74. The molecule has 1 amide bonds. The van der Waals surface area contributed by atoms with Gasteiger partial charge in [0.2, 0.25) is 5.82 Å². The summed E-state index contributed by atoms with van der Waals surface area (Å²) in [6.45, 7) is 0.568. The number of para-hydroxylation sites is 1. The number of hydrogen-bond donors (Lipinski definition) is 1. The maximum Gasteiger partial charge on any atom is 0.289 e. The number of carbonyl (C=O) groups excluding carboxylic acids is 1. The van der Waals surface area contributed by atoms with Crippen molar-refractivity contribution in [3.63, 3.8) is 0 Å². The molecule has 0 aliphatic heterocycles. The number of benzene rings is 2. The number of rotatable bonds is 4. The second kappa shape index (κ2) is 6.13. The first-order valence-corrected chi connectivity index (χ1v) is 6.87. The van der Waals surface area contributed by atoms with Crippen LogP contribution in [0.3, 0.4) is 0 Å². The van der Waals surface area contributed by atoms with Crippen molar-refractivity contribution in [2.45, 2.75) is 6.42 Å². The van der Waals surface area contributed by atoms with Gasteiger partial charge in [0.1, 0.15) is 0 Å². The first kappa shape index (κ1) is 13.2. The standard InChI is InChI=1S/C17H15N3O/c21-17(18-11-10-13-6-2-1-3-7-13)16-19-12-14-8-4-5-9-15(14)20-16/h1-9,12H,10-11H2,(H,18,21). The molecule has 2 aromatic carbocycles. The minimum atomic E-state index is -0.239. The third-order valence-corrected chi connectivity index (χ3v) is 3.23. The Hall–Kier alpha value is -2.75. The third-order valence-electron chi connectivity index (χ3n) is 3.23. The maximum atomic E-state index is 12.0. The average Bonchev–Trinajstić information content (AvgIpc) is 2.55. The lowest BCUT2D eigenvalue weighted by Gasteiger charge is -2.05. The highest BCUT2D eigenvalue weighted by Crippen LogP contribution is 2.09. The Morgan fingerprint density at radius 3 is 2.62 bits per heavy atom. The molecule has 3 rings (SSSR count). The Labute approximate surface area is 122 Å². The first-order chi connectivity index (χ1) is 10.3. The van der Waals surface area contributed by atoms with Gasteiger partial charge in [0.15, 0.2) is 0 Å². The van der Waals surface area contributed by atoms with Gasteiger partial charge in [-0.25, -0.2) is 9.97 Å². The Balaban J connectivity index is 1.64. The molecular weight excluding hydrogens is 262 g/mol. The summed E-state index contributed by atoms with van der Waals surface area (Å²) in [6.07, 6.45) is 2.47. The quantitative estimate of drug-likeness (QED) is 0.797. The van der Waals surface area contributed by atoms with Gasteiger partial charge < -0.3 is 5.32 Å². The summed E-state index contributed by atoms with van der Waals surface area (Å²) in [5.41, 5.74) is 1.97. The van der Waals surface area contributed by atoms with Gasteiger partial charge in [-0.1, -0.05) is 48.5 Å². The van der Waals surface area contributed by atoms with Crippen LogP contribution < -0.4 is 5.32 Å². The van der Waals surface area contributed by atoms with Crippen molar-refractivity contribution in [2.24, 2.45) is 0 Å². The van der Waals surface area contributed by atoms with Gasteiger partial charge in [0.05, 0.1) is 5.52 Å². The summed E-state index contributed by atoms with van der Waals surface area (Å²) < 4.78 is 0. The van der Waals surface area contributed by atoms with Crippen LogP contribution >= 0.6 is 0 Å². The van der Waals surface area contributed by atoms with Crippen LogP contribution in [0.4, 0.5) is 0 Å². The molecule has 0 saturated carbocycles. The van der Waals surface area contributed by atoms with Crippen molar-refractivity contribution in [3.05, 3.63) is 72.2 Å². The summed E-state index contributed by atoms with van der Waals surface area (Å²) in [5.74, 6) is -0.0292. The Morgan fingerprint density at radius 2 is 1.76 bits per heavy atom. The molecule has 1 N–H and O–H groups in total. The molecule has 21 heavy (non-hydrogen) atoms. The smallest absolute Gasteiger partial charge is 0.289 e. The minimum Gasteiger partial charge on any atom is -0.349 e. The summed E-state index contributed by atoms with van der Waals surface area (Å²) in [6, 6.07) is 17.7. The van der Waals surface area contributed by atoms with E-state index in [0.29, 0.717) is 6.54 Å². The van der Waals surface area contributed by atoms with Crippen molar-refractivity contribution in [1.82, 2.24) is 15.3 Å². The Morgan fingerprint density at radius 1 is 1.00 bits per heavy atom. The third kappa shape index (κ3) is 3.23. The highest BCUT2D eigenvalue weighted by Gasteiger charge is 2.09. The van der Waals surface area contributed by atoms with E-state index in [1.54, 1.807) is 6.20 Å². The zero-order chi connectivity index (χ0) is 14.5. The Kier molecular flexibility index (Phi) is 3.87. The van der Waals surface area contributed by atoms with E-state index in [9.17, 15) is 4.79 Å². The fourth-order valence-electron chi connectivity index (χ4n) is 2.13. The first-order valence-electron chi connectivity index (χ1n) is 6.87. The van der Waals surface area contributed by atoms with E-state index >= 15 is 0 Å². The normalized spacial score (nSPS) is 10.5. The lowest BCUT2D eigenvalue weighted by atomic mass is 10.1. The minimum absolute atomic E-state index is 0.210. The van der Waals surface area contributed by atoms with Crippen LogP contribution in [0.15, 0.2) is 60.8 Å². The second-order valence-electron chi connectivity index (χ2n) is 4.74. The molecule has 0 aliphatic carbocycles. The predicted octanol–water partition coefficient (Wildman–Crippen LogP) is 2.60. The average molecular weight is 277 g/mol. The van der Waals surface area contributed by atoms with Crippen molar-refractivity contribution >= 4 is 16.8 Å². The molecule has 0 bridgehead atoms. The molecule has 0 saturated heterocycles. The maximum absolute atomic E-state index is 12.0. The molecule has 1 heterocycles. The van der Waals surface area contributed by atoms with Gasteiger partial charge in [-0.3, -0.25) is 4.79 Å². The summed E-state index contributed by atoms with van der Waals surface area (Å²) in [5, 5.41) is 3.78. The van der Waals surface area contributed by atoms with Gasteiger partial charge in [-0.15, -0.1) is 0 Å². The molecule has 4 heteroatoms. The van der Waals surface area contributed by atoms with E-state index in [0.717, 1.165) is 17.3 Å². The largest absolute Gasteiger partial charge is 0.349 e. The van der Waals surface area contributed by atoms with Crippen molar-refractivity contribution in [2.75, 3.05) is 6.54 Å². The summed E-state index contributed by atoms with van der Waals surface area (Å²) in [4.78, 5) is 20.4. The van der Waals surface area contributed by atoms with E-state index in [2.05, 4.69) is 15.3 Å². The highest BCUT2D eigenvalue weighted by atomic mass is 16.2. The molecule has 3 aromatic rings. The van der Waals surface area contributed by atoms with Crippen LogP contribution in [-0.4, -0.2) is 22.4 Å². The lowest BCUT2D eigenvalue weighted by Crippen LogP contribution is -2.27. The number of nitrogens with one attached hydrogen (secondary N) is 1. The van der Waals surface area contributed by atoms with Crippen molar-refractivity contribution in [1.29, 1.82) is 0 Å². The van der Waals surface area contributed by atoms with Crippen LogP contribution in [-0.2, 0) is 6.42 Å². The molecule has 0 unspecified atom stereocenters. The van der Waals surface area contributed by atoms with Crippen LogP contribution in [0.1, 0.15) is 16.2 Å². The van der Waals surface area contributed by atoms with Gasteiger partial charge in [-0.2, -0.15) is 0 Å². The zero-order valence-electron chi connectivity index (χ0n) is 11.5. The molecule has 0 spiro atoms. The molecular formula is C17H15N3O. The topological polar surface area (TPSA) is 54.9 Å². The molecule has 1 aromatic heterocycles. The van der Waals surface area contributed by atoms with Gasteiger partial charge >= 0.3 is 0 Å². The molecule has 0 radical (unpaired) electrons. The van der Waals surface area contributed by atoms with Crippen LogP contribution in [0.2, 0.25) is 0 Å². The molecule has 0 aliphatic rings. The molecule has 0 fully saturated rings. The fraction of sp³-hybridized carbons (Fsp3) is 0.118. The summed E-state index contributed by atoms with van der Waals surface area (Å²) in [7, 11) is 0. The van der Waals surface area contributed by atoms with E-state index in [1.165, 1.54) is 5.56 Å². The number of nitrogens with zero attached hydrogens (tertiary/aromatic N) is 2. The number of aromatic nitrogens is 2. The molecule has 0 atom stereocenters. The molecule has 4 nitrogen and oxygen atoms in total. The van der Waals surface area contributed by atoms with Crippen LogP contribution in [0.25, 0.3) is 10.9 Å². The van der Waals surface area contributed by atoms with Crippen molar-refractivity contribution in [3.8, 4) is 0 Å². The van der Waals surface area contributed by atoms with Gasteiger partial charge in [0.25, 0.3) is 5.91 Å². The number of amides is 1. The van der Waals surface area contributed by atoms with Gasteiger partial charge in [-0.05, 0) is 18.1 Å². The van der Waals surface area contributed by atoms with Crippen molar-refractivity contribution < 1.29 is 4.79 Å². The van der Waals surface area contributed by atoms with Crippen LogP contribution in [0, 0.1) is 0 Å².